The van der Waals surface area contributed by atoms with E-state index < -0.39 is 57.7 Å². The van der Waals surface area contributed by atoms with Gasteiger partial charge in [-0.25, -0.2) is 13.8 Å². The zero-order valence-electron chi connectivity index (χ0n) is 23.8. The summed E-state index contributed by atoms with van der Waals surface area (Å²) in [4.78, 5) is 17.1. The van der Waals surface area contributed by atoms with Crippen LogP contribution in [-0.2, 0) is 12.0 Å². The highest BCUT2D eigenvalue weighted by molar-refractivity contribution is 6.34. The number of nitrogens with zero attached hydrogens (tertiary/aromatic N) is 1. The van der Waals surface area contributed by atoms with Gasteiger partial charge in [0.15, 0.2) is 11.4 Å². The van der Waals surface area contributed by atoms with Crippen molar-refractivity contribution in [3.63, 3.8) is 0 Å². The fourth-order valence-corrected chi connectivity index (χ4v) is 5.95. The number of rotatable bonds is 7. The minimum Gasteiger partial charge on any atom is -0.480 e. The number of aliphatic hydroxyl groups is 1. The Kier molecular flexibility index (Phi) is 5.62. The van der Waals surface area contributed by atoms with Crippen LogP contribution in [-0.4, -0.2) is 47.8 Å². The molecule has 0 radical (unpaired) electrons. The van der Waals surface area contributed by atoms with Crippen LogP contribution < -0.4 is 20.1 Å². The van der Waals surface area contributed by atoms with E-state index in [1.165, 1.54) is 0 Å². The molecule has 0 unspecified atom stereocenters. The first-order valence-electron chi connectivity index (χ1n) is 14.3. The van der Waals surface area contributed by atoms with Crippen molar-refractivity contribution in [2.24, 2.45) is 0 Å². The second-order valence-corrected chi connectivity index (χ2v) is 10.6. The van der Waals surface area contributed by atoms with E-state index in [0.717, 1.165) is 37.2 Å². The molecule has 2 fully saturated rings. The molecule has 1 saturated heterocycles. The highest BCUT2D eigenvalue weighted by Crippen LogP contribution is 2.52. The number of ether oxygens (including phenoxy) is 2. The van der Waals surface area contributed by atoms with Crippen LogP contribution in [0.5, 0.6) is 11.6 Å². The van der Waals surface area contributed by atoms with Crippen molar-refractivity contribution in [3.8, 4) is 22.8 Å². The lowest BCUT2D eigenvalue weighted by Crippen LogP contribution is -2.48. The van der Waals surface area contributed by atoms with Crippen molar-refractivity contribution in [3.05, 3.63) is 75.9 Å². The molecule has 3 aromatic rings. The molecule has 6 rings (SSSR count). The third-order valence-corrected chi connectivity index (χ3v) is 8.28. The number of aromatic nitrogens is 1. The molecule has 0 bridgehead atoms. The van der Waals surface area contributed by atoms with Crippen molar-refractivity contribution in [2.45, 2.75) is 49.3 Å². The molecule has 1 saturated carbocycles. The van der Waals surface area contributed by atoms with Crippen molar-refractivity contribution < 1.29 is 32.3 Å². The summed E-state index contributed by atoms with van der Waals surface area (Å²) in [5.74, 6) is -3.62. The van der Waals surface area contributed by atoms with Crippen LogP contribution in [0, 0.1) is 11.6 Å². The average Bonchev–Trinajstić information content (AvgIpc) is 3.31. The first kappa shape index (κ1) is 22.5. The number of fused-ring (bicyclic) bond motifs is 1. The molecule has 2 aliphatic heterocycles. The number of benzene rings is 2. The monoisotopic (exact) mass is 558 g/mol. The van der Waals surface area contributed by atoms with Gasteiger partial charge in [-0.1, -0.05) is 41.9 Å². The zero-order valence-corrected chi connectivity index (χ0v) is 21.6. The fraction of sp³-hybridized carbons (Fsp3) is 0.379. The second-order valence-electron chi connectivity index (χ2n) is 10.3. The van der Waals surface area contributed by atoms with Crippen LogP contribution in [0.1, 0.15) is 51.3 Å². The quantitative estimate of drug-likeness (QED) is 0.395. The Bertz CT molecular complexity index is 1550. The summed E-state index contributed by atoms with van der Waals surface area (Å²) >= 11 is 6.56. The van der Waals surface area contributed by atoms with E-state index >= 15 is 8.78 Å². The molecule has 1 aromatic heterocycles. The van der Waals surface area contributed by atoms with Gasteiger partial charge in [0, 0.05) is 46.5 Å². The molecule has 2 atom stereocenters. The van der Waals surface area contributed by atoms with Gasteiger partial charge in [0.1, 0.15) is 17.2 Å². The minimum atomic E-state index is -2.90. The highest BCUT2D eigenvalue weighted by atomic mass is 35.5. The lowest BCUT2D eigenvalue weighted by Gasteiger charge is -2.35. The van der Waals surface area contributed by atoms with Gasteiger partial charge in [-0.15, -0.1) is 0 Å². The SMILES string of the molecule is [2H]C([2H])([2H])NC(=O)c1cnc(OC2(CO)CC2)c(F)c1-c1c(Cl)c(F)cc2c1C[C@](c1ccccc1)([C@@H]1CCCN1)O2. The number of nitrogens with one attached hydrogen (secondary N) is 2. The molecule has 7 nitrogen and oxygen atoms in total. The Balaban J connectivity index is 1.56. The molecule has 2 aromatic carbocycles. The Labute approximate surface area is 233 Å². The van der Waals surface area contributed by atoms with E-state index in [2.05, 4.69) is 10.3 Å². The summed E-state index contributed by atoms with van der Waals surface area (Å²) in [6, 6.07) is 10.4. The number of hydrogen-bond donors (Lipinski definition) is 3. The van der Waals surface area contributed by atoms with E-state index in [0.29, 0.717) is 18.4 Å². The van der Waals surface area contributed by atoms with Gasteiger partial charge in [-0.05, 0) is 37.8 Å². The van der Waals surface area contributed by atoms with Crippen LogP contribution in [0.2, 0.25) is 5.02 Å². The second kappa shape index (κ2) is 9.73. The lowest BCUT2D eigenvalue weighted by molar-refractivity contribution is 0.0539. The summed E-state index contributed by atoms with van der Waals surface area (Å²) in [6.07, 6.45) is 3.70. The number of hydrogen-bond acceptors (Lipinski definition) is 6. The molecule has 1 aliphatic carbocycles. The van der Waals surface area contributed by atoms with Crippen molar-refractivity contribution in [2.75, 3.05) is 20.1 Å². The van der Waals surface area contributed by atoms with Gasteiger partial charge < -0.3 is 25.2 Å². The standard InChI is InChI=1S/C29H28ClF2N3O4/c1-33-26(37)18-14-35-27(39-28(15-36)9-10-28)25(32)23(18)22-17-13-29(21-8-5-11-34-21,16-6-3-2-4-7-16)38-20(17)12-19(31)24(22)30/h2-4,6-7,12,14,21,34,36H,5,8-11,13,15H2,1H3,(H,33,37)/t21-,29-/m0/s1/i1D3. The fourth-order valence-electron chi connectivity index (χ4n) is 5.68. The molecule has 10 heteroatoms. The van der Waals surface area contributed by atoms with Gasteiger partial charge in [-0.2, -0.15) is 0 Å². The first-order chi connectivity index (χ1) is 20.0. The van der Waals surface area contributed by atoms with Crippen LogP contribution in [0.3, 0.4) is 0 Å². The van der Waals surface area contributed by atoms with E-state index in [-0.39, 0.29) is 30.4 Å². The van der Waals surface area contributed by atoms with E-state index in [4.69, 9.17) is 25.2 Å². The molecular formula is C29H28ClF2N3O4. The molecule has 204 valence electrons. The van der Waals surface area contributed by atoms with Crippen LogP contribution in [0.15, 0.2) is 42.6 Å². The minimum absolute atomic E-state index is 0.124. The van der Waals surface area contributed by atoms with E-state index in [1.807, 2.05) is 35.6 Å². The smallest absolute Gasteiger partial charge is 0.253 e. The van der Waals surface area contributed by atoms with Crippen LogP contribution in [0.25, 0.3) is 11.1 Å². The van der Waals surface area contributed by atoms with Crippen molar-refractivity contribution >= 4 is 17.5 Å². The molecular weight excluding hydrogens is 528 g/mol. The largest absolute Gasteiger partial charge is 0.480 e. The number of amides is 1. The summed E-state index contributed by atoms with van der Waals surface area (Å²) in [5, 5.41) is 14.6. The number of pyridine rings is 1. The van der Waals surface area contributed by atoms with Gasteiger partial charge in [0.25, 0.3) is 11.8 Å². The maximum atomic E-state index is 16.5. The molecule has 3 aliphatic rings. The van der Waals surface area contributed by atoms with Gasteiger partial charge in [0.05, 0.1) is 23.2 Å². The van der Waals surface area contributed by atoms with Gasteiger partial charge in [-0.3, -0.25) is 4.79 Å². The zero-order chi connectivity index (χ0) is 29.9. The third kappa shape index (κ3) is 4.23. The summed E-state index contributed by atoms with van der Waals surface area (Å²) in [7, 11) is 0. The summed E-state index contributed by atoms with van der Waals surface area (Å²) in [5.41, 5.74) is -1.95. The normalized spacial score (nSPS) is 24.2. The predicted octanol–water partition coefficient (Wildman–Crippen LogP) is 4.53. The third-order valence-electron chi connectivity index (χ3n) is 7.91. The Hall–Kier alpha value is -3.27. The Morgan fingerprint density at radius 2 is 2.13 bits per heavy atom. The molecule has 3 N–H and O–H groups in total. The predicted molar refractivity (Wildman–Crippen MR) is 141 cm³/mol. The van der Waals surface area contributed by atoms with Gasteiger partial charge >= 0.3 is 0 Å². The lowest BCUT2D eigenvalue weighted by atomic mass is 9.80. The Morgan fingerprint density at radius 3 is 2.79 bits per heavy atom. The molecule has 1 amide bonds. The van der Waals surface area contributed by atoms with Crippen molar-refractivity contribution in [1.82, 2.24) is 15.6 Å². The summed E-state index contributed by atoms with van der Waals surface area (Å²) < 4.78 is 66.8. The first-order valence-corrected chi connectivity index (χ1v) is 13.1. The van der Waals surface area contributed by atoms with E-state index in [1.54, 1.807) is 0 Å². The maximum absolute atomic E-state index is 16.5. The van der Waals surface area contributed by atoms with Gasteiger partial charge in [0.2, 0.25) is 0 Å². The number of aliphatic hydroxyl groups excluding tert-OH is 1. The average molecular weight is 559 g/mol. The van der Waals surface area contributed by atoms with Crippen molar-refractivity contribution in [1.29, 1.82) is 0 Å². The molecule has 3 heterocycles. The maximum Gasteiger partial charge on any atom is 0.253 e. The summed E-state index contributed by atoms with van der Waals surface area (Å²) in [6.45, 7) is -2.53. The molecule has 39 heavy (non-hydrogen) atoms. The number of halogens is 3. The van der Waals surface area contributed by atoms with Crippen LogP contribution in [0.4, 0.5) is 8.78 Å². The van der Waals surface area contributed by atoms with Crippen LogP contribution >= 0.6 is 11.6 Å². The Morgan fingerprint density at radius 1 is 1.33 bits per heavy atom. The topological polar surface area (TPSA) is 92.7 Å². The number of carbonyl (C=O) groups is 1. The highest BCUT2D eigenvalue weighted by Gasteiger charge is 2.50. The number of carbonyl (C=O) groups excluding carboxylic acids is 1. The van der Waals surface area contributed by atoms with E-state index in [9.17, 15) is 9.90 Å². The molecule has 0 spiro atoms.